The molecule has 0 aromatic heterocycles. The third-order valence-electron chi connectivity index (χ3n) is 0.690. The monoisotopic (exact) mass is 811 g/mol. The minimum atomic E-state index is -1.26. The Labute approximate surface area is 168 Å². The molecule has 0 spiro atoms. The van der Waals surface area contributed by atoms with Crippen molar-refractivity contribution in [3.05, 3.63) is 15.7 Å². The van der Waals surface area contributed by atoms with Crippen molar-refractivity contribution in [3.63, 3.8) is 0 Å². The topological polar surface area (TPSA) is 80.3 Å². The van der Waals surface area contributed by atoms with E-state index in [1.165, 1.54) is 0 Å². The van der Waals surface area contributed by atoms with Crippen molar-refractivity contribution in [2.24, 2.45) is 0 Å². The van der Waals surface area contributed by atoms with Crippen molar-refractivity contribution in [3.8, 4) is 0 Å². The molecule has 0 N–H and O–H groups in total. The van der Waals surface area contributed by atoms with Crippen LogP contribution < -0.4 is 10.2 Å². The van der Waals surface area contributed by atoms with Gasteiger partial charge in [0.15, 0.2) is 0 Å². The molecule has 0 bridgehead atoms. The van der Waals surface area contributed by atoms with Crippen LogP contribution in [0.5, 0.6) is 0 Å². The average molecular weight is 816 g/mol. The largest absolute Gasteiger partial charge is 2.00 e. The van der Waals surface area contributed by atoms with E-state index in [2.05, 4.69) is 95.6 Å². The molecule has 0 saturated heterocycles. The number of aliphatic carboxylic acids is 2. The van der Waals surface area contributed by atoms with E-state index in [4.69, 9.17) is 0 Å². The number of carbonyl (C=O) groups is 2. The SMILES string of the molecule is O=C([O-])C(Br)=C(Br)Br.O=C([O-])C(Br)=C(Br)Br.[Hg+2]. The maximum Gasteiger partial charge on any atom is 2.00 e. The third-order valence-corrected chi connectivity index (χ3v) is 5.85. The van der Waals surface area contributed by atoms with Gasteiger partial charge in [0.2, 0.25) is 0 Å². The molecule has 4 nitrogen and oxygen atoms in total. The summed E-state index contributed by atoms with van der Waals surface area (Å²) >= 11 is 16.9. The second-order valence-corrected chi connectivity index (χ2v) is 8.61. The van der Waals surface area contributed by atoms with Gasteiger partial charge in [0.05, 0.1) is 27.7 Å². The first-order valence-electron chi connectivity index (χ1n) is 2.95. The number of halogens is 6. The van der Waals surface area contributed by atoms with Crippen LogP contribution in [0.3, 0.4) is 0 Å². The Morgan fingerprint density at radius 1 is 0.647 bits per heavy atom. The van der Waals surface area contributed by atoms with Gasteiger partial charge in [0, 0.05) is 0 Å². The molecule has 0 saturated carbocycles. The number of hydrogen-bond donors (Lipinski definition) is 0. The molecule has 0 aliphatic heterocycles. The number of hydrogen-bond acceptors (Lipinski definition) is 4. The molecule has 17 heavy (non-hydrogen) atoms. The second-order valence-electron chi connectivity index (χ2n) is 1.72. The molecule has 0 fully saturated rings. The van der Waals surface area contributed by atoms with E-state index in [0.29, 0.717) is 6.78 Å². The molecule has 11 heteroatoms. The number of carboxylic acids is 2. The Balaban J connectivity index is -0.000000218. The van der Waals surface area contributed by atoms with Crippen molar-refractivity contribution in [2.75, 3.05) is 0 Å². The smallest absolute Gasteiger partial charge is 0.544 e. The first-order chi connectivity index (χ1) is 7.11. The number of rotatable bonds is 2. The number of carbonyl (C=O) groups excluding carboxylic acids is 2. The van der Waals surface area contributed by atoms with E-state index < -0.39 is 11.9 Å². The summed E-state index contributed by atoms with van der Waals surface area (Å²) in [5.41, 5.74) is 0. The molecule has 0 aliphatic rings. The Bertz CT molecular complexity index is 310. The summed E-state index contributed by atoms with van der Waals surface area (Å²) in [6.07, 6.45) is 0. The maximum atomic E-state index is 9.86. The molecular weight excluding hydrogens is 816 g/mol. The molecule has 0 amide bonds. The fraction of sp³-hybridized carbons (Fsp3) is 0. The maximum absolute atomic E-state index is 9.86. The Morgan fingerprint density at radius 3 is 0.824 bits per heavy atom. The summed E-state index contributed by atoms with van der Waals surface area (Å²) in [5, 5.41) is 19.7. The molecule has 0 radical (unpaired) electrons. The fourth-order valence-electron chi connectivity index (χ4n) is 0.154. The molecule has 92 valence electrons. The number of carboxylic acid groups (broad SMARTS) is 2. The van der Waals surface area contributed by atoms with Gasteiger partial charge in [0.25, 0.3) is 0 Å². The summed E-state index contributed by atoms with van der Waals surface area (Å²) in [6.45, 7) is 0. The molecule has 0 atom stereocenters. The molecule has 0 aromatic rings. The fourth-order valence-corrected chi connectivity index (χ4v) is 0.802. The minimum Gasteiger partial charge on any atom is -0.544 e. The molecule has 0 aliphatic carbocycles. The van der Waals surface area contributed by atoms with Crippen molar-refractivity contribution in [1.82, 2.24) is 0 Å². The molecule has 0 unspecified atom stereocenters. The summed E-state index contributed by atoms with van der Waals surface area (Å²) in [5.74, 6) is -2.51. The van der Waals surface area contributed by atoms with Gasteiger partial charge in [-0.15, -0.1) is 0 Å². The third kappa shape index (κ3) is 14.5. The van der Waals surface area contributed by atoms with Gasteiger partial charge in [-0.25, -0.2) is 0 Å². The zero-order chi connectivity index (χ0) is 13.5. The normalized spacial score (nSPS) is 7.88. The molecule has 0 aromatic carbocycles. The zero-order valence-corrected chi connectivity index (χ0v) is 22.6. The van der Waals surface area contributed by atoms with Crippen LogP contribution in [0.25, 0.3) is 0 Å². The van der Waals surface area contributed by atoms with E-state index in [0.717, 1.165) is 0 Å². The van der Waals surface area contributed by atoms with Gasteiger partial charge >= 0.3 is 27.7 Å². The van der Waals surface area contributed by atoms with E-state index in [-0.39, 0.29) is 36.6 Å². The van der Waals surface area contributed by atoms with Crippen molar-refractivity contribution >= 4 is 108 Å². The zero-order valence-electron chi connectivity index (χ0n) is 7.61. The van der Waals surface area contributed by atoms with Crippen LogP contribution in [0, 0.1) is 0 Å². The van der Waals surface area contributed by atoms with Crippen molar-refractivity contribution in [2.45, 2.75) is 0 Å². The van der Waals surface area contributed by atoms with Crippen LogP contribution in [0.1, 0.15) is 0 Å². The standard InChI is InChI=1S/2C3HBr3O2.Hg/c2*4-1(2(5)6)3(7)8;/h2*(H,7,8);/q;;+2/p-2. The summed E-state index contributed by atoms with van der Waals surface area (Å²) in [6, 6.07) is 0. The minimum absolute atomic E-state index is 0. The van der Waals surface area contributed by atoms with Gasteiger partial charge in [-0.2, -0.15) is 0 Å². The summed E-state index contributed by atoms with van der Waals surface area (Å²) < 4.78 is 0.616. The van der Waals surface area contributed by atoms with Gasteiger partial charge in [-0.1, -0.05) is 0 Å². The molecular formula is C6Br6HgO4. The van der Waals surface area contributed by atoms with Crippen LogP contribution in [-0.4, -0.2) is 11.9 Å². The predicted molar refractivity (Wildman–Crippen MR) is 77.6 cm³/mol. The summed E-state index contributed by atoms with van der Waals surface area (Å²) in [7, 11) is 0. The Kier molecular flexibility index (Phi) is 18.9. The van der Waals surface area contributed by atoms with E-state index in [1.807, 2.05) is 0 Å². The van der Waals surface area contributed by atoms with Crippen LogP contribution in [0.2, 0.25) is 0 Å². The van der Waals surface area contributed by atoms with Gasteiger partial charge < -0.3 is 19.8 Å². The van der Waals surface area contributed by atoms with Crippen LogP contribution in [-0.2, 0) is 37.3 Å². The Morgan fingerprint density at radius 2 is 0.824 bits per heavy atom. The quantitative estimate of drug-likeness (QED) is 0.317. The van der Waals surface area contributed by atoms with Gasteiger partial charge in [-0.05, 0) is 95.6 Å². The first kappa shape index (κ1) is 24.3. The summed E-state index contributed by atoms with van der Waals surface area (Å²) in [4.78, 5) is 19.7. The van der Waals surface area contributed by atoms with Crippen molar-refractivity contribution in [1.29, 1.82) is 0 Å². The van der Waals surface area contributed by atoms with Crippen LogP contribution >= 0.6 is 95.6 Å². The van der Waals surface area contributed by atoms with Crippen LogP contribution in [0.4, 0.5) is 0 Å². The van der Waals surface area contributed by atoms with E-state index in [1.54, 1.807) is 0 Å². The first-order valence-corrected chi connectivity index (χ1v) is 7.71. The Hall–Kier alpha value is 2.24. The van der Waals surface area contributed by atoms with Crippen LogP contribution in [0.15, 0.2) is 15.7 Å². The second kappa shape index (κ2) is 13.2. The van der Waals surface area contributed by atoms with E-state index >= 15 is 0 Å². The molecule has 0 rings (SSSR count). The van der Waals surface area contributed by atoms with E-state index in [9.17, 15) is 19.8 Å². The van der Waals surface area contributed by atoms with Crippen molar-refractivity contribution < 1.29 is 47.5 Å². The molecule has 0 heterocycles. The average Bonchev–Trinajstić information content (AvgIpc) is 2.15. The predicted octanol–water partition coefficient (Wildman–Crippen LogP) is 2.18. The van der Waals surface area contributed by atoms with Gasteiger partial charge in [-0.3, -0.25) is 0 Å². The van der Waals surface area contributed by atoms with Gasteiger partial charge in [0.1, 0.15) is 0 Å².